The van der Waals surface area contributed by atoms with Crippen LogP contribution in [0.3, 0.4) is 0 Å². The van der Waals surface area contributed by atoms with Crippen LogP contribution < -0.4 is 5.32 Å². The summed E-state index contributed by atoms with van der Waals surface area (Å²) >= 11 is 6.02. The molecule has 0 amide bonds. The molecule has 0 spiro atoms. The average Bonchev–Trinajstić information content (AvgIpc) is 2.44. The lowest BCUT2D eigenvalue weighted by atomic mass is 9.87. The number of hydrogen-bond acceptors (Lipinski definition) is 1. The second-order valence-electron chi connectivity index (χ2n) is 5.56. The Morgan fingerprint density at radius 2 is 1.57 bits per heavy atom. The Hall–Kier alpha value is -0.390. The Morgan fingerprint density at radius 1 is 1.00 bits per heavy atom. The van der Waals surface area contributed by atoms with Crippen molar-refractivity contribution in [2.75, 3.05) is 7.05 Å². The van der Waals surface area contributed by atoms with Crippen molar-refractivity contribution >= 4 is 38.5 Å². The molecule has 0 bridgehead atoms. The van der Waals surface area contributed by atoms with Crippen molar-refractivity contribution in [1.29, 1.82) is 0 Å². The van der Waals surface area contributed by atoms with Gasteiger partial charge < -0.3 is 5.32 Å². The highest BCUT2D eigenvalue weighted by atomic mass is 127. The zero-order chi connectivity index (χ0) is 15.7. The zero-order valence-corrected chi connectivity index (χ0v) is 16.9. The molecule has 0 saturated carbocycles. The Labute approximate surface area is 149 Å². The molecule has 1 N–H and O–H groups in total. The largest absolute Gasteiger partial charge is 0.309 e. The van der Waals surface area contributed by atoms with Crippen molar-refractivity contribution in [3.05, 3.63) is 65.7 Å². The molecule has 0 aliphatic carbocycles. The highest BCUT2D eigenvalue weighted by Gasteiger charge is 2.21. The Morgan fingerprint density at radius 3 is 2.10 bits per heavy atom. The fourth-order valence-corrected chi connectivity index (χ4v) is 3.90. The normalized spacial score (nSPS) is 12.5. The highest BCUT2D eigenvalue weighted by molar-refractivity contribution is 14.1. The number of hydrogen-bond donors (Lipinski definition) is 1. The van der Waals surface area contributed by atoms with Crippen LogP contribution in [-0.2, 0) is 0 Å². The lowest BCUT2D eigenvalue weighted by Crippen LogP contribution is -2.21. The molecule has 1 unspecified atom stereocenters. The van der Waals surface area contributed by atoms with Gasteiger partial charge in [0.15, 0.2) is 0 Å². The third-order valence-corrected chi connectivity index (χ3v) is 5.75. The molecule has 1 atom stereocenters. The second-order valence-corrected chi connectivity index (χ2v) is 7.64. The van der Waals surface area contributed by atoms with Gasteiger partial charge in [-0.3, -0.25) is 0 Å². The molecule has 0 saturated heterocycles. The molecule has 3 heteroatoms. The van der Waals surface area contributed by atoms with Gasteiger partial charge in [-0.15, -0.1) is 0 Å². The number of halogens is 2. The van der Waals surface area contributed by atoms with E-state index in [2.05, 4.69) is 95.8 Å². The predicted octanol–water partition coefficient (Wildman–Crippen LogP) is 5.60. The van der Waals surface area contributed by atoms with E-state index in [1.807, 2.05) is 7.05 Å². The molecule has 112 valence electrons. The molecule has 0 aliphatic rings. The van der Waals surface area contributed by atoms with Gasteiger partial charge in [-0.25, -0.2) is 0 Å². The number of nitrogens with one attached hydrogen (secondary N) is 1. The van der Waals surface area contributed by atoms with Gasteiger partial charge in [0, 0.05) is 8.04 Å². The molecule has 0 aliphatic heterocycles. The van der Waals surface area contributed by atoms with Crippen LogP contribution in [0.15, 0.2) is 28.7 Å². The van der Waals surface area contributed by atoms with Gasteiger partial charge in [-0.1, -0.05) is 22.0 Å². The zero-order valence-electron chi connectivity index (χ0n) is 13.1. The summed E-state index contributed by atoms with van der Waals surface area (Å²) in [5, 5.41) is 3.51. The maximum Gasteiger partial charge on any atom is 0.0590 e. The molecule has 2 aromatic rings. The smallest absolute Gasteiger partial charge is 0.0590 e. The van der Waals surface area contributed by atoms with Crippen LogP contribution in [0.25, 0.3) is 0 Å². The van der Waals surface area contributed by atoms with Crippen molar-refractivity contribution < 1.29 is 0 Å². The molecule has 0 fully saturated rings. The van der Waals surface area contributed by atoms with Crippen molar-refractivity contribution in [2.24, 2.45) is 0 Å². The fraction of sp³-hybridized carbons (Fsp3) is 0.333. The summed E-state index contributed by atoms with van der Waals surface area (Å²) in [6, 6.07) is 8.98. The van der Waals surface area contributed by atoms with Crippen LogP contribution >= 0.6 is 38.5 Å². The number of rotatable bonds is 3. The summed E-state index contributed by atoms with van der Waals surface area (Å²) in [4.78, 5) is 0. The quantitative estimate of drug-likeness (QED) is 0.591. The van der Waals surface area contributed by atoms with Crippen LogP contribution in [0.5, 0.6) is 0 Å². The van der Waals surface area contributed by atoms with Crippen LogP contribution in [0.1, 0.15) is 39.4 Å². The van der Waals surface area contributed by atoms with E-state index in [1.165, 1.54) is 37.0 Å². The van der Waals surface area contributed by atoms with Gasteiger partial charge in [0.2, 0.25) is 0 Å². The minimum absolute atomic E-state index is 0.216. The molecule has 0 radical (unpaired) electrons. The maximum absolute atomic E-state index is 3.60. The van der Waals surface area contributed by atoms with Crippen LogP contribution in [-0.4, -0.2) is 7.05 Å². The second kappa shape index (κ2) is 6.80. The highest BCUT2D eigenvalue weighted by Crippen LogP contribution is 2.34. The van der Waals surface area contributed by atoms with Crippen LogP contribution in [0, 0.1) is 31.3 Å². The lowest BCUT2D eigenvalue weighted by Gasteiger charge is -2.25. The first-order chi connectivity index (χ1) is 9.86. The number of aryl methyl sites for hydroxylation is 2. The van der Waals surface area contributed by atoms with E-state index >= 15 is 0 Å². The molecule has 0 heterocycles. The van der Waals surface area contributed by atoms with Crippen LogP contribution in [0.2, 0.25) is 0 Å². The summed E-state index contributed by atoms with van der Waals surface area (Å²) in [5.74, 6) is 0. The average molecular weight is 458 g/mol. The third-order valence-electron chi connectivity index (χ3n) is 4.27. The summed E-state index contributed by atoms with van der Waals surface area (Å²) in [6.07, 6.45) is 0. The SMILES string of the molecule is CNC(c1cc(Br)ccc1I)c1c(C)c(C)cc(C)c1C. The maximum atomic E-state index is 3.60. The van der Waals surface area contributed by atoms with Crippen molar-refractivity contribution in [2.45, 2.75) is 33.7 Å². The van der Waals surface area contributed by atoms with Crippen molar-refractivity contribution in [3.63, 3.8) is 0 Å². The van der Waals surface area contributed by atoms with E-state index in [-0.39, 0.29) is 6.04 Å². The third kappa shape index (κ3) is 3.35. The minimum atomic E-state index is 0.216. The van der Waals surface area contributed by atoms with E-state index in [4.69, 9.17) is 0 Å². The van der Waals surface area contributed by atoms with Gasteiger partial charge in [0.25, 0.3) is 0 Å². The van der Waals surface area contributed by atoms with E-state index in [0.717, 1.165) is 4.47 Å². The monoisotopic (exact) mass is 457 g/mol. The summed E-state index contributed by atoms with van der Waals surface area (Å²) in [5.41, 5.74) is 8.22. The Bertz CT molecular complexity index is 653. The van der Waals surface area contributed by atoms with Crippen LogP contribution in [0.4, 0.5) is 0 Å². The van der Waals surface area contributed by atoms with Gasteiger partial charge >= 0.3 is 0 Å². The van der Waals surface area contributed by atoms with E-state index in [1.54, 1.807) is 0 Å². The molecular weight excluding hydrogens is 437 g/mol. The van der Waals surface area contributed by atoms with Gasteiger partial charge in [-0.05, 0) is 109 Å². The summed E-state index contributed by atoms with van der Waals surface area (Å²) in [7, 11) is 2.04. The number of benzene rings is 2. The molecule has 1 nitrogen and oxygen atoms in total. The molecule has 21 heavy (non-hydrogen) atoms. The topological polar surface area (TPSA) is 12.0 Å². The fourth-order valence-electron chi connectivity index (χ4n) is 2.87. The van der Waals surface area contributed by atoms with E-state index < -0.39 is 0 Å². The first kappa shape index (κ1) is 17.0. The molecule has 2 rings (SSSR count). The standard InChI is InChI=1S/C18H21BrIN/c1-10-8-11(2)13(4)17(12(10)3)18(21-5)15-9-14(19)6-7-16(15)20/h6-9,18,21H,1-5H3. The summed E-state index contributed by atoms with van der Waals surface area (Å²) in [6.45, 7) is 8.85. The first-order valence-electron chi connectivity index (χ1n) is 7.06. The Kier molecular flexibility index (Phi) is 5.49. The predicted molar refractivity (Wildman–Crippen MR) is 103 cm³/mol. The van der Waals surface area contributed by atoms with Gasteiger partial charge in [-0.2, -0.15) is 0 Å². The minimum Gasteiger partial charge on any atom is -0.309 e. The van der Waals surface area contributed by atoms with Crippen molar-refractivity contribution in [3.8, 4) is 0 Å². The van der Waals surface area contributed by atoms with Gasteiger partial charge in [0.05, 0.1) is 6.04 Å². The lowest BCUT2D eigenvalue weighted by molar-refractivity contribution is 0.678. The Balaban J connectivity index is 2.70. The molecule has 0 aromatic heterocycles. The van der Waals surface area contributed by atoms with E-state index in [0.29, 0.717) is 0 Å². The summed E-state index contributed by atoms with van der Waals surface area (Å²) < 4.78 is 2.41. The van der Waals surface area contributed by atoms with Gasteiger partial charge in [0.1, 0.15) is 0 Å². The van der Waals surface area contributed by atoms with E-state index in [9.17, 15) is 0 Å². The van der Waals surface area contributed by atoms with Crippen molar-refractivity contribution in [1.82, 2.24) is 5.32 Å². The molecule has 2 aromatic carbocycles. The molecular formula is C18H21BrIN. The first-order valence-corrected chi connectivity index (χ1v) is 8.93.